The molecule has 0 radical (unpaired) electrons. The van der Waals surface area contributed by atoms with Crippen LogP contribution in [0.3, 0.4) is 0 Å². The maximum absolute atomic E-state index is 13.3. The van der Waals surface area contributed by atoms with Crippen molar-refractivity contribution in [3.05, 3.63) is 87.4 Å². The van der Waals surface area contributed by atoms with Crippen molar-refractivity contribution in [2.24, 2.45) is 0 Å². The molecule has 4 rings (SSSR count). The number of carbonyl (C=O) groups is 2. The quantitative estimate of drug-likeness (QED) is 0.279. The standard InChI is InChI=1S/C25H19Cl2NO6/c1-33-16-7-5-15(6-8-16)28-22(13-3-9-19(29)18(27)11-13)21(24(31)25(28)32)23(30)17-12-14(26)4-10-20(17)34-2/h3-12,22,29-30H,1-2H3/b23-21+. The molecule has 3 aromatic carbocycles. The van der Waals surface area contributed by atoms with E-state index in [1.165, 1.54) is 43.4 Å². The molecule has 0 bridgehead atoms. The minimum Gasteiger partial charge on any atom is -0.507 e. The Morgan fingerprint density at radius 3 is 2.26 bits per heavy atom. The number of aliphatic hydroxyl groups excluding tert-OH is 1. The second-order valence-electron chi connectivity index (χ2n) is 7.42. The Balaban J connectivity index is 1.98. The van der Waals surface area contributed by atoms with Gasteiger partial charge in [0.15, 0.2) is 0 Å². The maximum Gasteiger partial charge on any atom is 0.300 e. The van der Waals surface area contributed by atoms with Crippen LogP contribution in [0.5, 0.6) is 17.2 Å². The Morgan fingerprint density at radius 1 is 0.941 bits per heavy atom. The number of anilines is 1. The Morgan fingerprint density at radius 2 is 1.65 bits per heavy atom. The van der Waals surface area contributed by atoms with Crippen molar-refractivity contribution in [2.75, 3.05) is 19.1 Å². The van der Waals surface area contributed by atoms with E-state index in [0.29, 0.717) is 22.0 Å². The summed E-state index contributed by atoms with van der Waals surface area (Å²) in [5.41, 5.74) is 0.773. The summed E-state index contributed by atoms with van der Waals surface area (Å²) in [5, 5.41) is 21.5. The molecular formula is C25H19Cl2NO6. The third-order valence-electron chi connectivity index (χ3n) is 5.50. The zero-order chi connectivity index (χ0) is 24.6. The number of aliphatic hydroxyl groups is 1. The van der Waals surface area contributed by atoms with Gasteiger partial charge in [-0.3, -0.25) is 14.5 Å². The number of amides is 1. The van der Waals surface area contributed by atoms with E-state index < -0.39 is 23.5 Å². The van der Waals surface area contributed by atoms with Gasteiger partial charge in [-0.15, -0.1) is 0 Å². The molecule has 1 atom stereocenters. The van der Waals surface area contributed by atoms with E-state index in [2.05, 4.69) is 0 Å². The van der Waals surface area contributed by atoms with Crippen LogP contribution in [0.1, 0.15) is 17.2 Å². The average Bonchev–Trinajstić information content (AvgIpc) is 3.10. The summed E-state index contributed by atoms with van der Waals surface area (Å²) in [6, 6.07) is 14.4. The second-order valence-corrected chi connectivity index (χ2v) is 8.27. The van der Waals surface area contributed by atoms with E-state index in [4.69, 9.17) is 32.7 Å². The first-order valence-corrected chi connectivity index (χ1v) is 10.8. The molecule has 34 heavy (non-hydrogen) atoms. The Bertz CT molecular complexity index is 1320. The molecule has 1 aliphatic heterocycles. The van der Waals surface area contributed by atoms with Gasteiger partial charge in [-0.25, -0.2) is 0 Å². The minimum atomic E-state index is -1.05. The van der Waals surface area contributed by atoms with Crippen LogP contribution in [0, 0.1) is 0 Å². The average molecular weight is 500 g/mol. The Hall–Kier alpha value is -3.68. The van der Waals surface area contributed by atoms with Gasteiger partial charge < -0.3 is 19.7 Å². The molecule has 3 aromatic rings. The molecule has 174 valence electrons. The highest BCUT2D eigenvalue weighted by Gasteiger charge is 2.47. The highest BCUT2D eigenvalue weighted by Crippen LogP contribution is 2.45. The van der Waals surface area contributed by atoms with E-state index in [0.717, 1.165) is 0 Å². The van der Waals surface area contributed by atoms with Gasteiger partial charge in [0.25, 0.3) is 11.7 Å². The van der Waals surface area contributed by atoms with Gasteiger partial charge >= 0.3 is 0 Å². The predicted octanol–water partition coefficient (Wildman–Crippen LogP) is 5.34. The van der Waals surface area contributed by atoms with Crippen molar-refractivity contribution in [2.45, 2.75) is 6.04 Å². The van der Waals surface area contributed by atoms with Crippen molar-refractivity contribution < 1.29 is 29.3 Å². The topological polar surface area (TPSA) is 96.3 Å². The summed E-state index contributed by atoms with van der Waals surface area (Å²) >= 11 is 12.3. The fraction of sp³-hybridized carbons (Fsp3) is 0.120. The van der Waals surface area contributed by atoms with Crippen LogP contribution in [-0.2, 0) is 9.59 Å². The van der Waals surface area contributed by atoms with E-state index in [9.17, 15) is 19.8 Å². The highest BCUT2D eigenvalue weighted by atomic mass is 35.5. The fourth-order valence-electron chi connectivity index (χ4n) is 3.86. The molecule has 0 spiro atoms. The lowest BCUT2D eigenvalue weighted by atomic mass is 9.94. The molecule has 9 heteroatoms. The van der Waals surface area contributed by atoms with Crippen molar-refractivity contribution in [3.63, 3.8) is 0 Å². The number of ketones is 1. The third-order valence-corrected chi connectivity index (χ3v) is 6.04. The van der Waals surface area contributed by atoms with Gasteiger partial charge in [0.2, 0.25) is 0 Å². The van der Waals surface area contributed by atoms with E-state index in [1.54, 1.807) is 36.4 Å². The van der Waals surface area contributed by atoms with Crippen LogP contribution in [0.25, 0.3) is 5.76 Å². The van der Waals surface area contributed by atoms with Gasteiger partial charge in [0.05, 0.1) is 36.4 Å². The van der Waals surface area contributed by atoms with Crippen LogP contribution in [0.2, 0.25) is 10.0 Å². The lowest BCUT2D eigenvalue weighted by Crippen LogP contribution is -2.29. The summed E-state index contributed by atoms with van der Waals surface area (Å²) in [6.45, 7) is 0. The van der Waals surface area contributed by atoms with E-state index >= 15 is 0 Å². The molecule has 1 saturated heterocycles. The van der Waals surface area contributed by atoms with Gasteiger partial charge in [0.1, 0.15) is 23.0 Å². The molecule has 2 N–H and O–H groups in total. The molecule has 1 unspecified atom stereocenters. The molecule has 1 amide bonds. The predicted molar refractivity (Wildman–Crippen MR) is 129 cm³/mol. The number of hydrogen-bond donors (Lipinski definition) is 2. The zero-order valence-electron chi connectivity index (χ0n) is 18.1. The van der Waals surface area contributed by atoms with Gasteiger partial charge in [0, 0.05) is 10.7 Å². The monoisotopic (exact) mass is 499 g/mol. The smallest absolute Gasteiger partial charge is 0.300 e. The van der Waals surface area contributed by atoms with Crippen LogP contribution >= 0.6 is 23.2 Å². The first-order chi connectivity index (χ1) is 16.3. The lowest BCUT2D eigenvalue weighted by Gasteiger charge is -2.26. The molecule has 1 heterocycles. The number of phenolic OH excluding ortho intramolecular Hbond substituents is 1. The second kappa shape index (κ2) is 9.29. The molecule has 1 fully saturated rings. The van der Waals surface area contributed by atoms with Gasteiger partial charge in [-0.05, 0) is 60.2 Å². The number of aromatic hydroxyl groups is 1. The minimum absolute atomic E-state index is 0.0261. The van der Waals surface area contributed by atoms with Gasteiger partial charge in [-0.2, -0.15) is 0 Å². The summed E-state index contributed by atoms with van der Waals surface area (Å²) < 4.78 is 10.5. The normalized spacial score (nSPS) is 17.2. The maximum atomic E-state index is 13.3. The largest absolute Gasteiger partial charge is 0.507 e. The van der Waals surface area contributed by atoms with Crippen LogP contribution < -0.4 is 14.4 Å². The van der Waals surface area contributed by atoms with Crippen molar-refractivity contribution in [3.8, 4) is 17.2 Å². The summed E-state index contributed by atoms with van der Waals surface area (Å²) in [5.74, 6) is -1.54. The van der Waals surface area contributed by atoms with Crippen LogP contribution in [0.4, 0.5) is 5.69 Å². The number of methoxy groups -OCH3 is 2. The van der Waals surface area contributed by atoms with Crippen molar-refractivity contribution >= 4 is 46.3 Å². The lowest BCUT2D eigenvalue weighted by molar-refractivity contribution is -0.132. The van der Waals surface area contributed by atoms with E-state index in [1.807, 2.05) is 0 Å². The Kier molecular flexibility index (Phi) is 6.41. The number of phenols is 1. The third kappa shape index (κ3) is 4.04. The molecule has 1 aliphatic rings. The first-order valence-electron chi connectivity index (χ1n) is 10.0. The van der Waals surface area contributed by atoms with Crippen molar-refractivity contribution in [1.82, 2.24) is 0 Å². The van der Waals surface area contributed by atoms with Crippen LogP contribution in [-0.4, -0.2) is 36.1 Å². The van der Waals surface area contributed by atoms with Gasteiger partial charge in [-0.1, -0.05) is 29.3 Å². The molecule has 0 saturated carbocycles. The fourth-order valence-corrected chi connectivity index (χ4v) is 4.22. The number of Topliss-reactive ketones (excluding diaryl/α,β-unsaturated/α-hetero) is 1. The summed E-state index contributed by atoms with van der Waals surface area (Å²) in [4.78, 5) is 27.7. The number of carbonyl (C=O) groups excluding carboxylic acids is 2. The molecular weight excluding hydrogens is 481 g/mol. The number of ether oxygens (including phenoxy) is 2. The Labute approximate surface area is 205 Å². The number of rotatable bonds is 5. The SMILES string of the molecule is COc1ccc(N2C(=O)C(=O)/C(=C(/O)c3cc(Cl)ccc3OC)C2c2ccc(O)c(Cl)c2)cc1. The van der Waals surface area contributed by atoms with Crippen molar-refractivity contribution in [1.29, 1.82) is 0 Å². The zero-order valence-corrected chi connectivity index (χ0v) is 19.6. The summed E-state index contributed by atoms with van der Waals surface area (Å²) in [7, 11) is 2.92. The number of hydrogen-bond acceptors (Lipinski definition) is 6. The number of nitrogens with zero attached hydrogens (tertiary/aromatic N) is 1. The molecule has 0 aromatic heterocycles. The highest BCUT2D eigenvalue weighted by molar-refractivity contribution is 6.51. The van der Waals surface area contributed by atoms with Crippen LogP contribution in [0.15, 0.2) is 66.2 Å². The molecule has 0 aliphatic carbocycles. The molecule has 7 nitrogen and oxygen atoms in total. The number of halogens is 2. The van der Waals surface area contributed by atoms with E-state index in [-0.39, 0.29) is 27.7 Å². The number of benzene rings is 3. The summed E-state index contributed by atoms with van der Waals surface area (Å²) in [6.07, 6.45) is 0. The first kappa shape index (κ1) is 23.5.